The van der Waals surface area contributed by atoms with Crippen LogP contribution >= 0.6 is 0 Å². The largest absolute Gasteiger partial charge is 0.481 e. The van der Waals surface area contributed by atoms with Gasteiger partial charge in [-0.15, -0.1) is 0 Å². The minimum Gasteiger partial charge on any atom is -0.481 e. The number of nitrogens with zero attached hydrogens (tertiary/aromatic N) is 2. The molecule has 1 aliphatic rings. The number of hydrogen-bond acceptors (Lipinski definition) is 4. The molecule has 3 aromatic rings. The number of carboxylic acid groups (broad SMARTS) is 1. The maximum absolute atomic E-state index is 12.6. The highest BCUT2D eigenvalue weighted by atomic mass is 16.4. The average molecular weight is 340 g/mol. The van der Waals surface area contributed by atoms with Crippen LogP contribution in [0, 0.1) is 5.92 Å². The van der Waals surface area contributed by atoms with E-state index in [4.69, 9.17) is 0 Å². The van der Waals surface area contributed by atoms with Gasteiger partial charge in [0.05, 0.1) is 23.0 Å². The van der Waals surface area contributed by atoms with Crippen LogP contribution in [0.4, 0.5) is 0 Å². The van der Waals surface area contributed by atoms with Crippen molar-refractivity contribution in [3.05, 3.63) is 46.4 Å². The van der Waals surface area contributed by atoms with E-state index in [0.29, 0.717) is 29.4 Å². The first-order valence-corrected chi connectivity index (χ1v) is 8.08. The summed E-state index contributed by atoms with van der Waals surface area (Å²) in [5, 5.41) is 16.7. The zero-order valence-corrected chi connectivity index (χ0v) is 13.2. The first-order valence-electron chi connectivity index (χ1n) is 8.08. The number of fused-ring (bicyclic) bond motifs is 3. The lowest BCUT2D eigenvalue weighted by Gasteiger charge is -2.17. The summed E-state index contributed by atoms with van der Waals surface area (Å²) in [5.74, 6) is -1.91. The number of aromatic amines is 1. The summed E-state index contributed by atoms with van der Waals surface area (Å²) in [6.07, 6.45) is 3.33. The van der Waals surface area contributed by atoms with Gasteiger partial charge in [-0.1, -0.05) is 18.6 Å². The SMILES string of the molecule is O=C(N[C@H]1CCC[C@H]1C(=O)O)c1cnn2c1[nH]c(=O)c1ccccc12. The van der Waals surface area contributed by atoms with E-state index in [2.05, 4.69) is 15.4 Å². The van der Waals surface area contributed by atoms with E-state index < -0.39 is 23.8 Å². The third-order valence-electron chi connectivity index (χ3n) is 4.77. The van der Waals surface area contributed by atoms with Crippen molar-refractivity contribution in [2.75, 3.05) is 0 Å². The molecule has 128 valence electrons. The van der Waals surface area contributed by atoms with E-state index in [1.54, 1.807) is 24.3 Å². The molecule has 2 heterocycles. The van der Waals surface area contributed by atoms with E-state index in [1.165, 1.54) is 10.7 Å². The van der Waals surface area contributed by atoms with Gasteiger partial charge in [-0.2, -0.15) is 5.10 Å². The van der Waals surface area contributed by atoms with Crippen LogP contribution in [0.3, 0.4) is 0 Å². The third-order valence-corrected chi connectivity index (χ3v) is 4.77. The second-order valence-corrected chi connectivity index (χ2v) is 6.25. The van der Waals surface area contributed by atoms with Gasteiger partial charge in [0.2, 0.25) is 0 Å². The van der Waals surface area contributed by atoms with Crippen LogP contribution in [0.25, 0.3) is 16.6 Å². The lowest BCUT2D eigenvalue weighted by molar-refractivity contribution is -0.142. The molecule has 1 saturated carbocycles. The van der Waals surface area contributed by atoms with Gasteiger partial charge in [0.15, 0.2) is 0 Å². The number of carbonyl (C=O) groups excluding carboxylic acids is 1. The number of H-pyrrole nitrogens is 1. The van der Waals surface area contributed by atoms with Crippen molar-refractivity contribution in [3.63, 3.8) is 0 Å². The predicted molar refractivity (Wildman–Crippen MR) is 89.5 cm³/mol. The smallest absolute Gasteiger partial charge is 0.308 e. The molecule has 1 amide bonds. The topological polar surface area (TPSA) is 117 Å². The predicted octanol–water partition coefficient (Wildman–Crippen LogP) is 1.16. The second-order valence-electron chi connectivity index (χ2n) is 6.25. The molecule has 2 atom stereocenters. The highest BCUT2D eigenvalue weighted by Gasteiger charge is 2.34. The van der Waals surface area contributed by atoms with Crippen LogP contribution in [0.5, 0.6) is 0 Å². The molecular weight excluding hydrogens is 324 g/mol. The summed E-state index contributed by atoms with van der Waals surface area (Å²) >= 11 is 0. The van der Waals surface area contributed by atoms with Crippen LogP contribution in [-0.2, 0) is 4.79 Å². The zero-order chi connectivity index (χ0) is 17.6. The van der Waals surface area contributed by atoms with Gasteiger partial charge in [-0.3, -0.25) is 14.4 Å². The van der Waals surface area contributed by atoms with Crippen molar-refractivity contribution < 1.29 is 14.7 Å². The maximum Gasteiger partial charge on any atom is 0.308 e. The molecule has 0 saturated heterocycles. The number of aliphatic carboxylic acids is 1. The standard InChI is InChI=1S/C17H16N4O4/c22-15-10-4-1-2-7-13(10)21-14(20-15)11(8-18-21)16(23)19-12-6-3-5-9(12)17(24)25/h1-2,4,7-9,12H,3,5-6H2,(H,19,23)(H,20,22)(H,24,25)/t9-,12+/m1/s1. The molecule has 2 aromatic heterocycles. The lowest BCUT2D eigenvalue weighted by atomic mass is 10.0. The van der Waals surface area contributed by atoms with Crippen molar-refractivity contribution in [1.82, 2.24) is 19.9 Å². The summed E-state index contributed by atoms with van der Waals surface area (Å²) in [5.41, 5.74) is 0.816. The Hall–Kier alpha value is -3.16. The van der Waals surface area contributed by atoms with Gasteiger partial charge in [0, 0.05) is 6.04 Å². The van der Waals surface area contributed by atoms with Gasteiger partial charge in [0.25, 0.3) is 11.5 Å². The Bertz CT molecular complexity index is 1050. The molecule has 1 fully saturated rings. The van der Waals surface area contributed by atoms with E-state index in [9.17, 15) is 19.5 Å². The first-order chi connectivity index (χ1) is 12.1. The van der Waals surface area contributed by atoms with Crippen molar-refractivity contribution in [2.45, 2.75) is 25.3 Å². The van der Waals surface area contributed by atoms with Crippen molar-refractivity contribution in [2.24, 2.45) is 5.92 Å². The Morgan fingerprint density at radius 2 is 2.08 bits per heavy atom. The van der Waals surface area contributed by atoms with E-state index in [1.807, 2.05) is 0 Å². The fourth-order valence-electron chi connectivity index (χ4n) is 3.52. The van der Waals surface area contributed by atoms with E-state index >= 15 is 0 Å². The van der Waals surface area contributed by atoms with E-state index in [0.717, 1.165) is 6.42 Å². The number of amides is 1. The van der Waals surface area contributed by atoms with Gasteiger partial charge in [-0.05, 0) is 25.0 Å². The number of benzene rings is 1. The number of para-hydroxylation sites is 1. The molecule has 1 aromatic carbocycles. The number of nitrogens with one attached hydrogen (secondary N) is 2. The second kappa shape index (κ2) is 5.73. The first kappa shape index (κ1) is 15.4. The minimum atomic E-state index is -0.901. The zero-order valence-electron chi connectivity index (χ0n) is 13.2. The lowest BCUT2D eigenvalue weighted by Crippen LogP contribution is -2.40. The Morgan fingerprint density at radius 1 is 1.28 bits per heavy atom. The van der Waals surface area contributed by atoms with Crippen molar-refractivity contribution in [1.29, 1.82) is 0 Å². The molecule has 8 nitrogen and oxygen atoms in total. The average Bonchev–Trinajstić information content (AvgIpc) is 3.22. The molecule has 8 heteroatoms. The number of carboxylic acids is 1. The summed E-state index contributed by atoms with van der Waals surface area (Å²) in [6.45, 7) is 0. The van der Waals surface area contributed by atoms with Gasteiger partial charge >= 0.3 is 5.97 Å². The minimum absolute atomic E-state index is 0.221. The fourth-order valence-corrected chi connectivity index (χ4v) is 3.52. The van der Waals surface area contributed by atoms with Gasteiger partial charge < -0.3 is 15.4 Å². The summed E-state index contributed by atoms with van der Waals surface area (Å²) in [4.78, 5) is 38.8. The molecule has 1 aliphatic carbocycles. The summed E-state index contributed by atoms with van der Waals surface area (Å²) in [6, 6.07) is 6.58. The molecule has 4 rings (SSSR count). The van der Waals surface area contributed by atoms with E-state index in [-0.39, 0.29) is 11.1 Å². The monoisotopic (exact) mass is 340 g/mol. The summed E-state index contributed by atoms with van der Waals surface area (Å²) in [7, 11) is 0. The van der Waals surface area contributed by atoms with Gasteiger partial charge in [0.1, 0.15) is 11.2 Å². The fraction of sp³-hybridized carbons (Fsp3) is 0.294. The molecule has 0 spiro atoms. The molecule has 0 radical (unpaired) electrons. The number of rotatable bonds is 3. The quantitative estimate of drug-likeness (QED) is 0.661. The Kier molecular flexibility index (Phi) is 3.52. The van der Waals surface area contributed by atoms with Crippen LogP contribution < -0.4 is 10.9 Å². The molecule has 3 N–H and O–H groups in total. The number of hydrogen-bond donors (Lipinski definition) is 3. The Balaban J connectivity index is 1.73. The molecular formula is C17H16N4O4. The van der Waals surface area contributed by atoms with Crippen molar-refractivity contribution in [3.8, 4) is 0 Å². The Labute approximate surface area is 141 Å². The van der Waals surface area contributed by atoms with Crippen LogP contribution in [-0.4, -0.2) is 37.6 Å². The highest BCUT2D eigenvalue weighted by Crippen LogP contribution is 2.26. The number of aromatic nitrogens is 3. The van der Waals surface area contributed by atoms with Crippen LogP contribution in [0.1, 0.15) is 29.6 Å². The maximum atomic E-state index is 12.6. The third kappa shape index (κ3) is 2.46. The molecule has 25 heavy (non-hydrogen) atoms. The van der Waals surface area contributed by atoms with Gasteiger partial charge in [-0.25, -0.2) is 4.52 Å². The normalized spacial score (nSPS) is 20.2. The summed E-state index contributed by atoms with van der Waals surface area (Å²) < 4.78 is 1.51. The Morgan fingerprint density at radius 3 is 2.88 bits per heavy atom. The molecule has 0 unspecified atom stereocenters. The van der Waals surface area contributed by atoms with Crippen LogP contribution in [0.15, 0.2) is 35.3 Å². The van der Waals surface area contributed by atoms with Crippen molar-refractivity contribution >= 4 is 28.4 Å². The highest BCUT2D eigenvalue weighted by molar-refractivity contribution is 6.01. The molecule has 0 aliphatic heterocycles. The number of carbonyl (C=O) groups is 2. The van der Waals surface area contributed by atoms with Crippen LogP contribution in [0.2, 0.25) is 0 Å². The molecule has 0 bridgehead atoms.